The van der Waals surface area contributed by atoms with Gasteiger partial charge in [-0.3, -0.25) is 19.8 Å². The minimum Gasteiger partial charge on any atom is -0.450 e. The van der Waals surface area contributed by atoms with Crippen LogP contribution < -0.4 is 10.6 Å². The summed E-state index contributed by atoms with van der Waals surface area (Å²) in [5.41, 5.74) is 2.02. The SMILES string of the molecule is CCOC(=O)Nc1nnc(Cc2ccccc2)n1Cn1c(Cc2ccccc2)nnc1NC(=O)OCC. The van der Waals surface area contributed by atoms with Crippen molar-refractivity contribution >= 4 is 24.1 Å². The molecule has 2 heterocycles. The highest BCUT2D eigenvalue weighted by atomic mass is 16.6. The predicted molar refractivity (Wildman–Crippen MR) is 135 cm³/mol. The van der Waals surface area contributed by atoms with Gasteiger partial charge < -0.3 is 9.47 Å². The fourth-order valence-corrected chi connectivity index (χ4v) is 3.63. The summed E-state index contributed by atoms with van der Waals surface area (Å²) in [4.78, 5) is 24.4. The van der Waals surface area contributed by atoms with Gasteiger partial charge in [0, 0.05) is 12.8 Å². The van der Waals surface area contributed by atoms with Crippen LogP contribution in [0.25, 0.3) is 0 Å². The highest BCUT2D eigenvalue weighted by molar-refractivity contribution is 5.83. The molecule has 0 atom stereocenters. The van der Waals surface area contributed by atoms with Crippen molar-refractivity contribution < 1.29 is 19.1 Å². The summed E-state index contributed by atoms with van der Waals surface area (Å²) in [6.07, 6.45) is -0.398. The lowest BCUT2D eigenvalue weighted by Gasteiger charge is -2.15. The third-order valence-corrected chi connectivity index (χ3v) is 5.33. The Labute approximate surface area is 213 Å². The summed E-state index contributed by atoms with van der Waals surface area (Å²) in [7, 11) is 0. The van der Waals surface area contributed by atoms with E-state index in [1.807, 2.05) is 60.7 Å². The van der Waals surface area contributed by atoms with Gasteiger partial charge in [-0.15, -0.1) is 20.4 Å². The quantitative estimate of drug-likeness (QED) is 0.333. The second-order valence-electron chi connectivity index (χ2n) is 7.89. The van der Waals surface area contributed by atoms with Gasteiger partial charge in [0.1, 0.15) is 18.3 Å². The van der Waals surface area contributed by atoms with E-state index >= 15 is 0 Å². The standard InChI is InChI=1S/C25H28N8O4/c1-3-36-24(34)26-22-30-28-20(15-18-11-7-5-8-12-18)32(22)17-33-21(16-19-13-9-6-10-14-19)29-31-23(33)27-25(35)37-4-2/h5-14H,3-4,15-17H2,1-2H3,(H,26,30,34)(H,27,31,35). The average molecular weight is 505 g/mol. The number of hydrogen-bond acceptors (Lipinski definition) is 8. The fraction of sp³-hybridized carbons (Fsp3) is 0.280. The summed E-state index contributed by atoms with van der Waals surface area (Å²) in [5.74, 6) is 1.54. The molecule has 2 amide bonds. The molecule has 4 rings (SSSR count). The molecule has 2 N–H and O–H groups in total. The molecule has 0 fully saturated rings. The first-order valence-corrected chi connectivity index (χ1v) is 11.9. The molecule has 0 saturated carbocycles. The molecule has 2 aromatic carbocycles. The number of hydrogen-bond donors (Lipinski definition) is 2. The number of benzene rings is 2. The van der Waals surface area contributed by atoms with Crippen LogP contribution in [-0.4, -0.2) is 54.9 Å². The summed E-state index contributed by atoms with van der Waals surface area (Å²) in [6.45, 7) is 3.94. The average Bonchev–Trinajstić information content (AvgIpc) is 3.44. The molecule has 0 bridgehead atoms. The molecule has 2 aromatic heterocycles. The van der Waals surface area contributed by atoms with E-state index < -0.39 is 12.2 Å². The van der Waals surface area contributed by atoms with Crippen LogP contribution in [0, 0.1) is 0 Å². The van der Waals surface area contributed by atoms with E-state index in [0.29, 0.717) is 24.5 Å². The number of amides is 2. The summed E-state index contributed by atoms with van der Waals surface area (Å²) in [5, 5.41) is 22.3. The molecule has 0 unspecified atom stereocenters. The Balaban J connectivity index is 1.72. The van der Waals surface area contributed by atoms with E-state index in [0.717, 1.165) is 11.1 Å². The molecule has 12 heteroatoms. The highest BCUT2D eigenvalue weighted by Gasteiger charge is 2.21. The van der Waals surface area contributed by atoms with Crippen molar-refractivity contribution in [2.24, 2.45) is 0 Å². The summed E-state index contributed by atoms with van der Waals surface area (Å²) < 4.78 is 13.5. The Morgan fingerprint density at radius 3 is 1.46 bits per heavy atom. The molecule has 0 aliphatic rings. The van der Waals surface area contributed by atoms with Crippen molar-refractivity contribution in [1.29, 1.82) is 0 Å². The van der Waals surface area contributed by atoms with Gasteiger partial charge in [0.15, 0.2) is 0 Å². The number of nitrogens with zero attached hydrogens (tertiary/aromatic N) is 6. The van der Waals surface area contributed by atoms with E-state index in [9.17, 15) is 9.59 Å². The van der Waals surface area contributed by atoms with Crippen LogP contribution in [0.5, 0.6) is 0 Å². The second kappa shape index (κ2) is 12.3. The molecule has 0 aliphatic heterocycles. The van der Waals surface area contributed by atoms with Crippen molar-refractivity contribution in [2.75, 3.05) is 23.8 Å². The number of nitrogens with one attached hydrogen (secondary N) is 2. The van der Waals surface area contributed by atoms with Crippen molar-refractivity contribution in [1.82, 2.24) is 29.5 Å². The van der Waals surface area contributed by atoms with Crippen molar-refractivity contribution in [3.05, 3.63) is 83.4 Å². The van der Waals surface area contributed by atoms with E-state index in [1.54, 1.807) is 23.0 Å². The van der Waals surface area contributed by atoms with Crippen molar-refractivity contribution in [3.8, 4) is 0 Å². The molecular weight excluding hydrogens is 476 g/mol. The number of carbonyl (C=O) groups excluding carboxylic acids is 2. The maximum absolute atomic E-state index is 12.2. The Hall–Kier alpha value is -4.74. The van der Waals surface area contributed by atoms with Crippen LogP contribution in [-0.2, 0) is 29.0 Å². The van der Waals surface area contributed by atoms with Crippen LogP contribution in [0.4, 0.5) is 21.5 Å². The van der Waals surface area contributed by atoms with Gasteiger partial charge in [-0.1, -0.05) is 60.7 Å². The lowest BCUT2D eigenvalue weighted by molar-refractivity contribution is 0.166. The van der Waals surface area contributed by atoms with E-state index in [1.165, 1.54) is 0 Å². The number of aromatic nitrogens is 6. The van der Waals surface area contributed by atoms with Gasteiger partial charge in [0.05, 0.1) is 13.2 Å². The molecule has 0 saturated heterocycles. The maximum atomic E-state index is 12.2. The molecule has 0 spiro atoms. The minimum atomic E-state index is -0.652. The smallest absolute Gasteiger partial charge is 0.414 e. The lowest BCUT2D eigenvalue weighted by Crippen LogP contribution is -2.23. The first kappa shape index (κ1) is 25.4. The molecular formula is C25H28N8O4. The monoisotopic (exact) mass is 504 g/mol. The van der Waals surface area contributed by atoms with Crippen LogP contribution in [0.2, 0.25) is 0 Å². The normalized spacial score (nSPS) is 10.6. The molecule has 192 valence electrons. The van der Waals surface area contributed by atoms with Crippen LogP contribution in [0.15, 0.2) is 60.7 Å². The number of ether oxygens (including phenoxy) is 2. The molecule has 12 nitrogen and oxygen atoms in total. The highest BCUT2D eigenvalue weighted by Crippen LogP contribution is 2.18. The number of rotatable bonds is 10. The van der Waals surface area contributed by atoms with E-state index in [2.05, 4.69) is 31.0 Å². The van der Waals surface area contributed by atoms with Gasteiger partial charge in [-0.05, 0) is 25.0 Å². The van der Waals surface area contributed by atoms with Gasteiger partial charge >= 0.3 is 12.2 Å². The third-order valence-electron chi connectivity index (χ3n) is 5.33. The first-order chi connectivity index (χ1) is 18.1. The number of anilines is 2. The van der Waals surface area contributed by atoms with Crippen LogP contribution in [0.3, 0.4) is 0 Å². The van der Waals surface area contributed by atoms with E-state index in [4.69, 9.17) is 9.47 Å². The zero-order valence-corrected chi connectivity index (χ0v) is 20.6. The van der Waals surface area contributed by atoms with Gasteiger partial charge in [0.2, 0.25) is 11.9 Å². The minimum absolute atomic E-state index is 0.105. The van der Waals surface area contributed by atoms with E-state index in [-0.39, 0.29) is 31.8 Å². The van der Waals surface area contributed by atoms with Crippen LogP contribution >= 0.6 is 0 Å². The van der Waals surface area contributed by atoms with Crippen LogP contribution in [0.1, 0.15) is 36.6 Å². The zero-order valence-electron chi connectivity index (χ0n) is 20.6. The predicted octanol–water partition coefficient (Wildman–Crippen LogP) is 3.69. The lowest BCUT2D eigenvalue weighted by atomic mass is 10.1. The Bertz CT molecular complexity index is 1220. The first-order valence-electron chi connectivity index (χ1n) is 11.9. The Kier molecular flexibility index (Phi) is 8.42. The maximum Gasteiger partial charge on any atom is 0.414 e. The van der Waals surface area contributed by atoms with Gasteiger partial charge in [-0.25, -0.2) is 9.59 Å². The molecule has 0 aliphatic carbocycles. The largest absolute Gasteiger partial charge is 0.450 e. The summed E-state index contributed by atoms with van der Waals surface area (Å²) in [6, 6.07) is 19.5. The summed E-state index contributed by atoms with van der Waals surface area (Å²) >= 11 is 0. The molecule has 37 heavy (non-hydrogen) atoms. The Morgan fingerprint density at radius 2 is 1.08 bits per heavy atom. The number of carbonyl (C=O) groups is 2. The Morgan fingerprint density at radius 1 is 0.676 bits per heavy atom. The molecule has 0 radical (unpaired) electrons. The topological polar surface area (TPSA) is 138 Å². The zero-order chi connectivity index (χ0) is 26.0. The fourth-order valence-electron chi connectivity index (χ4n) is 3.63. The van der Waals surface area contributed by atoms with Crippen molar-refractivity contribution in [2.45, 2.75) is 33.4 Å². The van der Waals surface area contributed by atoms with Crippen molar-refractivity contribution in [3.63, 3.8) is 0 Å². The molecule has 4 aromatic rings. The third kappa shape index (κ3) is 6.69. The second-order valence-corrected chi connectivity index (χ2v) is 7.89. The van der Waals surface area contributed by atoms with Gasteiger partial charge in [-0.2, -0.15) is 0 Å². The van der Waals surface area contributed by atoms with Gasteiger partial charge in [0.25, 0.3) is 0 Å².